The molecular weight excluding hydrogens is 348 g/mol. The second-order valence-corrected chi connectivity index (χ2v) is 5.90. The van der Waals surface area contributed by atoms with Gasteiger partial charge in [-0.15, -0.1) is 5.10 Å². The molecule has 0 spiro atoms. The molecule has 1 N–H and O–H groups in total. The van der Waals surface area contributed by atoms with Crippen molar-refractivity contribution in [1.29, 1.82) is 0 Å². The highest BCUT2D eigenvalue weighted by molar-refractivity contribution is 5.84. The maximum absolute atomic E-state index is 12.4. The van der Waals surface area contributed by atoms with Crippen LogP contribution in [0.3, 0.4) is 0 Å². The number of nitrogens with zero attached hydrogens (tertiary/aromatic N) is 3. The number of hydrogen-bond acceptors (Lipinski definition) is 6. The summed E-state index contributed by atoms with van der Waals surface area (Å²) < 4.78 is 5.73. The number of aromatic nitrogens is 3. The van der Waals surface area contributed by atoms with Gasteiger partial charge in [0.2, 0.25) is 5.91 Å². The molecule has 0 aliphatic rings. The van der Waals surface area contributed by atoms with Crippen LogP contribution in [0.1, 0.15) is 5.56 Å². The van der Waals surface area contributed by atoms with E-state index in [0.717, 1.165) is 10.2 Å². The number of ether oxygens (including phenoxy) is 1. The average Bonchev–Trinajstić information content (AvgIpc) is 2.70. The molecule has 1 aromatic heterocycles. The number of carbonyl (C=O) groups is 2. The summed E-state index contributed by atoms with van der Waals surface area (Å²) in [5, 5.41) is 10.7. The van der Waals surface area contributed by atoms with Gasteiger partial charge in [0.15, 0.2) is 0 Å². The van der Waals surface area contributed by atoms with Gasteiger partial charge in [-0.2, -0.15) is 0 Å². The molecule has 8 nitrogen and oxygen atoms in total. The fraction of sp³-hybridized carbons (Fsp3) is 0.211. The zero-order chi connectivity index (χ0) is 19.2. The molecule has 0 aliphatic heterocycles. The summed E-state index contributed by atoms with van der Waals surface area (Å²) in [6.45, 7) is -0.348. The van der Waals surface area contributed by atoms with Crippen LogP contribution in [0.15, 0.2) is 59.4 Å². The molecule has 1 unspecified atom stereocenters. The van der Waals surface area contributed by atoms with Gasteiger partial charge in [0.25, 0.3) is 5.56 Å². The molecule has 1 atom stereocenters. The minimum absolute atomic E-state index is 0.275. The van der Waals surface area contributed by atoms with Gasteiger partial charge in [0.1, 0.15) is 18.1 Å². The number of esters is 1. The second-order valence-electron chi connectivity index (χ2n) is 5.90. The van der Waals surface area contributed by atoms with Gasteiger partial charge in [-0.05, 0) is 17.7 Å². The Kier molecular flexibility index (Phi) is 5.55. The van der Waals surface area contributed by atoms with Gasteiger partial charge in [-0.3, -0.25) is 9.59 Å². The number of fused-ring (bicyclic) bond motifs is 1. The highest BCUT2D eigenvalue weighted by atomic mass is 16.5. The summed E-state index contributed by atoms with van der Waals surface area (Å²) >= 11 is 0. The minimum Gasteiger partial charge on any atom is -0.467 e. The van der Waals surface area contributed by atoms with Crippen molar-refractivity contribution >= 4 is 22.8 Å². The molecule has 3 rings (SSSR count). The molecule has 8 heteroatoms. The standard InChI is InChI=1S/C19H18N4O4/c1-27-19(26)16(11-13-7-3-2-4-8-13)20-17(24)12-23-18(25)14-9-5-6-10-15(14)21-22-23/h2-10,16H,11-12H2,1H3,(H,20,24). The minimum atomic E-state index is -0.867. The SMILES string of the molecule is COC(=O)C(Cc1ccccc1)NC(=O)Cn1nnc2ccccc2c1=O. The fourth-order valence-electron chi connectivity index (χ4n) is 2.69. The van der Waals surface area contributed by atoms with Crippen molar-refractivity contribution in [2.75, 3.05) is 7.11 Å². The molecule has 0 aliphatic carbocycles. The maximum atomic E-state index is 12.4. The lowest BCUT2D eigenvalue weighted by molar-refractivity contribution is -0.145. The zero-order valence-electron chi connectivity index (χ0n) is 14.7. The van der Waals surface area contributed by atoms with E-state index in [-0.39, 0.29) is 13.0 Å². The molecule has 2 aromatic carbocycles. The van der Waals surface area contributed by atoms with Crippen molar-refractivity contribution in [3.63, 3.8) is 0 Å². The molecule has 0 bridgehead atoms. The summed E-state index contributed by atoms with van der Waals surface area (Å²) in [7, 11) is 1.26. The van der Waals surface area contributed by atoms with Crippen molar-refractivity contribution in [2.45, 2.75) is 19.0 Å². The van der Waals surface area contributed by atoms with Crippen LogP contribution in [-0.4, -0.2) is 40.0 Å². The van der Waals surface area contributed by atoms with E-state index in [4.69, 9.17) is 4.74 Å². The Bertz CT molecular complexity index is 1020. The molecular formula is C19H18N4O4. The Morgan fingerprint density at radius 3 is 2.56 bits per heavy atom. The molecule has 0 fully saturated rings. The Balaban J connectivity index is 1.75. The summed E-state index contributed by atoms with van der Waals surface area (Å²) in [6, 6.07) is 15.1. The molecule has 1 amide bonds. The van der Waals surface area contributed by atoms with Crippen LogP contribution in [0.25, 0.3) is 10.9 Å². The first kappa shape index (κ1) is 18.2. The van der Waals surface area contributed by atoms with Gasteiger partial charge in [-0.25, -0.2) is 9.48 Å². The van der Waals surface area contributed by atoms with E-state index in [1.54, 1.807) is 24.3 Å². The van der Waals surface area contributed by atoms with Crippen LogP contribution in [0.5, 0.6) is 0 Å². The monoisotopic (exact) mass is 366 g/mol. The molecule has 138 valence electrons. The number of amides is 1. The van der Waals surface area contributed by atoms with Crippen LogP contribution < -0.4 is 10.9 Å². The van der Waals surface area contributed by atoms with Crippen molar-refractivity contribution in [3.8, 4) is 0 Å². The Morgan fingerprint density at radius 1 is 1.11 bits per heavy atom. The van der Waals surface area contributed by atoms with Gasteiger partial charge < -0.3 is 10.1 Å². The number of hydrogen-bond donors (Lipinski definition) is 1. The number of methoxy groups -OCH3 is 1. The molecule has 1 heterocycles. The third-order valence-electron chi connectivity index (χ3n) is 4.03. The van der Waals surface area contributed by atoms with Crippen LogP contribution in [-0.2, 0) is 27.3 Å². The van der Waals surface area contributed by atoms with E-state index in [2.05, 4.69) is 15.6 Å². The second kappa shape index (κ2) is 8.22. The summed E-state index contributed by atoms with van der Waals surface area (Å²) in [5.41, 5.74) is 0.903. The number of benzene rings is 2. The summed E-state index contributed by atoms with van der Waals surface area (Å²) in [5.74, 6) is -1.10. The van der Waals surface area contributed by atoms with Gasteiger partial charge in [0.05, 0.1) is 12.5 Å². The predicted molar refractivity (Wildman–Crippen MR) is 97.9 cm³/mol. The fourth-order valence-corrected chi connectivity index (χ4v) is 2.69. The maximum Gasteiger partial charge on any atom is 0.328 e. The third-order valence-corrected chi connectivity index (χ3v) is 4.03. The van der Waals surface area contributed by atoms with E-state index in [1.165, 1.54) is 7.11 Å². The van der Waals surface area contributed by atoms with Crippen molar-refractivity contribution < 1.29 is 14.3 Å². The Hall–Kier alpha value is -3.55. The van der Waals surface area contributed by atoms with Crippen molar-refractivity contribution in [2.24, 2.45) is 0 Å². The Morgan fingerprint density at radius 2 is 1.81 bits per heavy atom. The smallest absolute Gasteiger partial charge is 0.328 e. The lowest BCUT2D eigenvalue weighted by Crippen LogP contribution is -2.45. The predicted octanol–water partition coefficient (Wildman–Crippen LogP) is 0.692. The first-order valence-corrected chi connectivity index (χ1v) is 8.32. The lowest BCUT2D eigenvalue weighted by atomic mass is 10.1. The quantitative estimate of drug-likeness (QED) is 0.644. The summed E-state index contributed by atoms with van der Waals surface area (Å²) in [6.07, 6.45) is 0.275. The number of carbonyl (C=O) groups excluding carboxylic acids is 2. The average molecular weight is 366 g/mol. The van der Waals surface area contributed by atoms with Crippen molar-refractivity contribution in [1.82, 2.24) is 20.3 Å². The molecule has 0 saturated heterocycles. The highest BCUT2D eigenvalue weighted by Crippen LogP contribution is 2.05. The first-order valence-electron chi connectivity index (χ1n) is 8.32. The number of rotatable bonds is 6. The molecule has 3 aromatic rings. The van der Waals surface area contributed by atoms with E-state index in [9.17, 15) is 14.4 Å². The third kappa shape index (κ3) is 4.35. The van der Waals surface area contributed by atoms with E-state index in [0.29, 0.717) is 10.9 Å². The molecule has 0 saturated carbocycles. The zero-order valence-corrected chi connectivity index (χ0v) is 14.7. The highest BCUT2D eigenvalue weighted by Gasteiger charge is 2.22. The molecule has 0 radical (unpaired) electrons. The summed E-state index contributed by atoms with van der Waals surface area (Å²) in [4.78, 5) is 36.8. The van der Waals surface area contributed by atoms with Crippen LogP contribution in [0, 0.1) is 0 Å². The lowest BCUT2D eigenvalue weighted by Gasteiger charge is -2.16. The van der Waals surface area contributed by atoms with Gasteiger partial charge >= 0.3 is 5.97 Å². The largest absolute Gasteiger partial charge is 0.467 e. The molecule has 27 heavy (non-hydrogen) atoms. The first-order chi connectivity index (χ1) is 13.1. The number of nitrogens with one attached hydrogen (secondary N) is 1. The van der Waals surface area contributed by atoms with E-state index < -0.39 is 23.5 Å². The van der Waals surface area contributed by atoms with E-state index >= 15 is 0 Å². The van der Waals surface area contributed by atoms with Crippen LogP contribution in [0.2, 0.25) is 0 Å². The van der Waals surface area contributed by atoms with E-state index in [1.807, 2.05) is 30.3 Å². The Labute approximate surface area is 154 Å². The van der Waals surface area contributed by atoms with Crippen molar-refractivity contribution in [3.05, 3.63) is 70.5 Å². The topological polar surface area (TPSA) is 103 Å². The normalized spacial score (nSPS) is 11.7. The van der Waals surface area contributed by atoms with Gasteiger partial charge in [-0.1, -0.05) is 47.7 Å². The van der Waals surface area contributed by atoms with Gasteiger partial charge in [0, 0.05) is 6.42 Å². The van der Waals surface area contributed by atoms with Crippen LogP contribution >= 0.6 is 0 Å². The van der Waals surface area contributed by atoms with Crippen LogP contribution in [0.4, 0.5) is 0 Å².